The number of nitrogens with zero attached hydrogens (tertiary/aromatic N) is 3. The Morgan fingerprint density at radius 2 is 1.71 bits per heavy atom. The lowest BCUT2D eigenvalue weighted by molar-refractivity contribution is 0.354. The monoisotopic (exact) mass is 415 g/mol. The largest absolute Gasteiger partial charge is 0.493 e. The van der Waals surface area contributed by atoms with Gasteiger partial charge in [0.1, 0.15) is 5.82 Å². The molecule has 0 saturated heterocycles. The van der Waals surface area contributed by atoms with Crippen molar-refractivity contribution in [1.82, 2.24) is 15.0 Å². The maximum absolute atomic E-state index is 6.32. The van der Waals surface area contributed by atoms with E-state index in [1.54, 1.807) is 20.4 Å². The van der Waals surface area contributed by atoms with E-state index in [1.807, 2.05) is 42.5 Å². The third kappa shape index (κ3) is 4.66. The van der Waals surface area contributed by atoms with Gasteiger partial charge in [-0.05, 0) is 47.7 Å². The first-order valence-corrected chi connectivity index (χ1v) is 10.1. The van der Waals surface area contributed by atoms with Gasteiger partial charge in [-0.3, -0.25) is 0 Å². The van der Waals surface area contributed by atoms with Crippen molar-refractivity contribution < 1.29 is 9.47 Å². The number of nitrogens with one attached hydrogen (secondary N) is 1. The van der Waals surface area contributed by atoms with Crippen LogP contribution in [0.3, 0.4) is 0 Å². The van der Waals surface area contributed by atoms with Crippen LogP contribution in [-0.2, 0) is 12.8 Å². The Morgan fingerprint density at radius 1 is 0.903 bits per heavy atom. The first kappa shape index (κ1) is 20.4. The standard InChI is InChI=1S/C24H25N5O2/c1-30-19-9-8-17(15-20(19)31-2)14-18-11-13-26-23-21(18)22(25)28-24(29-23)27-12-10-16-6-4-3-5-7-16/h3-9,11,13,15H,10,12,14H2,1-2H3,(H3,25,26,27,28,29). The zero-order valence-corrected chi connectivity index (χ0v) is 17.6. The third-order valence-corrected chi connectivity index (χ3v) is 5.09. The molecule has 0 aliphatic rings. The van der Waals surface area contributed by atoms with Crippen molar-refractivity contribution in [2.45, 2.75) is 12.8 Å². The summed E-state index contributed by atoms with van der Waals surface area (Å²) in [5, 5.41) is 4.02. The van der Waals surface area contributed by atoms with Gasteiger partial charge in [0.25, 0.3) is 0 Å². The van der Waals surface area contributed by atoms with Crippen molar-refractivity contribution >= 4 is 22.8 Å². The van der Waals surface area contributed by atoms with E-state index in [1.165, 1.54) is 5.56 Å². The fourth-order valence-electron chi connectivity index (χ4n) is 3.55. The van der Waals surface area contributed by atoms with Gasteiger partial charge in [0.15, 0.2) is 17.1 Å². The molecule has 158 valence electrons. The molecule has 3 N–H and O–H groups in total. The van der Waals surface area contributed by atoms with Gasteiger partial charge in [-0.1, -0.05) is 36.4 Å². The molecule has 0 aliphatic carbocycles. The van der Waals surface area contributed by atoms with Crippen LogP contribution in [0, 0.1) is 0 Å². The Morgan fingerprint density at radius 3 is 2.48 bits per heavy atom. The number of benzene rings is 2. The van der Waals surface area contributed by atoms with Crippen LogP contribution in [-0.4, -0.2) is 35.7 Å². The summed E-state index contributed by atoms with van der Waals surface area (Å²) in [6.07, 6.45) is 3.27. The van der Waals surface area contributed by atoms with Crippen LogP contribution >= 0.6 is 0 Å². The molecule has 31 heavy (non-hydrogen) atoms. The van der Waals surface area contributed by atoms with Crippen LogP contribution in [0.25, 0.3) is 11.0 Å². The predicted octanol–water partition coefficient (Wildman–Crippen LogP) is 3.87. The highest BCUT2D eigenvalue weighted by molar-refractivity contribution is 5.89. The molecular formula is C24H25N5O2. The summed E-state index contributed by atoms with van der Waals surface area (Å²) in [4.78, 5) is 13.5. The molecule has 7 nitrogen and oxygen atoms in total. The molecule has 0 saturated carbocycles. The Hall–Kier alpha value is -3.87. The van der Waals surface area contributed by atoms with E-state index in [-0.39, 0.29) is 0 Å². The molecule has 0 fully saturated rings. The minimum atomic E-state index is 0.413. The van der Waals surface area contributed by atoms with Gasteiger partial charge in [-0.2, -0.15) is 9.97 Å². The second-order valence-electron chi connectivity index (χ2n) is 7.13. The third-order valence-electron chi connectivity index (χ3n) is 5.09. The van der Waals surface area contributed by atoms with E-state index in [0.717, 1.165) is 22.9 Å². The summed E-state index contributed by atoms with van der Waals surface area (Å²) >= 11 is 0. The van der Waals surface area contributed by atoms with Crippen LogP contribution in [0.4, 0.5) is 11.8 Å². The van der Waals surface area contributed by atoms with E-state index in [4.69, 9.17) is 15.2 Å². The normalized spacial score (nSPS) is 10.8. The summed E-state index contributed by atoms with van der Waals surface area (Å²) in [5.41, 5.74) is 10.2. The average molecular weight is 415 g/mol. The van der Waals surface area contributed by atoms with Gasteiger partial charge >= 0.3 is 0 Å². The van der Waals surface area contributed by atoms with E-state index in [0.29, 0.717) is 41.9 Å². The second kappa shape index (κ2) is 9.30. The number of ether oxygens (including phenoxy) is 2. The number of rotatable bonds is 8. The molecule has 0 unspecified atom stereocenters. The second-order valence-corrected chi connectivity index (χ2v) is 7.13. The maximum Gasteiger partial charge on any atom is 0.226 e. The molecule has 4 rings (SSSR count). The SMILES string of the molecule is COc1ccc(Cc2ccnc3nc(NCCc4ccccc4)nc(N)c23)cc1OC. The number of aromatic nitrogens is 3. The zero-order valence-electron chi connectivity index (χ0n) is 17.6. The average Bonchev–Trinajstić information content (AvgIpc) is 2.79. The fourth-order valence-corrected chi connectivity index (χ4v) is 3.55. The first-order valence-electron chi connectivity index (χ1n) is 10.1. The van der Waals surface area contributed by atoms with Gasteiger partial charge in [0.05, 0.1) is 19.6 Å². The number of methoxy groups -OCH3 is 2. The fraction of sp³-hybridized carbons (Fsp3) is 0.208. The molecule has 4 aromatic rings. The van der Waals surface area contributed by atoms with Crippen molar-refractivity contribution in [3.8, 4) is 11.5 Å². The van der Waals surface area contributed by atoms with E-state index in [2.05, 4.69) is 32.4 Å². The predicted molar refractivity (Wildman–Crippen MR) is 123 cm³/mol. The molecule has 0 spiro atoms. The van der Waals surface area contributed by atoms with Crippen LogP contribution in [0.15, 0.2) is 60.8 Å². The van der Waals surface area contributed by atoms with Gasteiger partial charge in [-0.15, -0.1) is 0 Å². The van der Waals surface area contributed by atoms with E-state index in [9.17, 15) is 0 Å². The van der Waals surface area contributed by atoms with Crippen molar-refractivity contribution in [1.29, 1.82) is 0 Å². The zero-order chi connectivity index (χ0) is 21.6. The van der Waals surface area contributed by atoms with Crippen LogP contribution < -0.4 is 20.5 Å². The topological polar surface area (TPSA) is 95.2 Å². The minimum Gasteiger partial charge on any atom is -0.493 e. The number of nitrogen functional groups attached to an aromatic ring is 1. The smallest absolute Gasteiger partial charge is 0.226 e. The van der Waals surface area contributed by atoms with Crippen molar-refractivity contribution in [2.75, 3.05) is 31.8 Å². The van der Waals surface area contributed by atoms with Crippen molar-refractivity contribution in [3.63, 3.8) is 0 Å². The lowest BCUT2D eigenvalue weighted by Gasteiger charge is -2.12. The number of hydrogen-bond acceptors (Lipinski definition) is 7. The highest BCUT2D eigenvalue weighted by Crippen LogP contribution is 2.30. The van der Waals surface area contributed by atoms with Crippen molar-refractivity contribution in [3.05, 3.63) is 77.5 Å². The van der Waals surface area contributed by atoms with Crippen LogP contribution in [0.2, 0.25) is 0 Å². The Labute approximate surface area is 181 Å². The summed E-state index contributed by atoms with van der Waals surface area (Å²) < 4.78 is 10.7. The summed E-state index contributed by atoms with van der Waals surface area (Å²) in [6.45, 7) is 0.709. The highest BCUT2D eigenvalue weighted by atomic mass is 16.5. The number of anilines is 2. The molecule has 0 atom stereocenters. The van der Waals surface area contributed by atoms with Gasteiger partial charge in [-0.25, -0.2) is 4.98 Å². The maximum atomic E-state index is 6.32. The van der Waals surface area contributed by atoms with Gasteiger partial charge < -0.3 is 20.5 Å². The number of pyridine rings is 1. The highest BCUT2D eigenvalue weighted by Gasteiger charge is 2.13. The minimum absolute atomic E-state index is 0.413. The number of hydrogen-bond donors (Lipinski definition) is 2. The molecule has 2 aromatic heterocycles. The van der Waals surface area contributed by atoms with Crippen LogP contribution in [0.1, 0.15) is 16.7 Å². The quantitative estimate of drug-likeness (QED) is 0.451. The van der Waals surface area contributed by atoms with E-state index >= 15 is 0 Å². The Bertz CT molecular complexity index is 1180. The number of nitrogens with two attached hydrogens (primary N) is 1. The van der Waals surface area contributed by atoms with Gasteiger partial charge in [0, 0.05) is 12.7 Å². The lowest BCUT2D eigenvalue weighted by atomic mass is 10.0. The summed E-state index contributed by atoms with van der Waals surface area (Å²) in [6, 6.07) is 18.1. The molecule has 2 aromatic carbocycles. The molecule has 0 aliphatic heterocycles. The van der Waals surface area contributed by atoms with Gasteiger partial charge in [0.2, 0.25) is 5.95 Å². The lowest BCUT2D eigenvalue weighted by Crippen LogP contribution is -2.10. The van der Waals surface area contributed by atoms with Crippen LogP contribution in [0.5, 0.6) is 11.5 Å². The summed E-state index contributed by atoms with van der Waals surface area (Å²) in [5.74, 6) is 2.28. The Balaban J connectivity index is 1.55. The molecule has 0 radical (unpaired) electrons. The van der Waals surface area contributed by atoms with E-state index < -0.39 is 0 Å². The molecule has 0 bridgehead atoms. The Kier molecular flexibility index (Phi) is 6.12. The molecule has 0 amide bonds. The summed E-state index contributed by atoms with van der Waals surface area (Å²) in [7, 11) is 3.25. The molecular weight excluding hydrogens is 390 g/mol. The van der Waals surface area contributed by atoms with Crippen molar-refractivity contribution in [2.24, 2.45) is 0 Å². The molecule has 2 heterocycles. The first-order chi connectivity index (χ1) is 15.2. The molecule has 7 heteroatoms. The number of fused-ring (bicyclic) bond motifs is 1.